The Labute approximate surface area is 173 Å². The Morgan fingerprint density at radius 3 is 2.86 bits per heavy atom. The molecule has 3 heterocycles. The molecule has 0 aromatic heterocycles. The summed E-state index contributed by atoms with van der Waals surface area (Å²) in [5, 5.41) is 2.52. The molecule has 0 bridgehead atoms. The first-order valence-corrected chi connectivity index (χ1v) is 10.8. The van der Waals surface area contributed by atoms with Crippen molar-refractivity contribution >= 4 is 29.3 Å². The molecule has 6 nitrogen and oxygen atoms in total. The Hall–Kier alpha value is -2.67. The fraction of sp³-hybridized carbons (Fsp3) is 0.364. The van der Waals surface area contributed by atoms with Gasteiger partial charge in [-0.05, 0) is 42.7 Å². The number of ether oxygens (including phenoxy) is 2. The Bertz CT molecular complexity index is 964. The molecule has 0 saturated carbocycles. The molecular weight excluding hydrogens is 388 g/mol. The topological polar surface area (TPSA) is 67.9 Å². The molecule has 2 amide bonds. The Balaban J connectivity index is 1.31. The number of nitrogens with one attached hydrogen (secondary N) is 1. The number of thioether (sulfide) groups is 1. The van der Waals surface area contributed by atoms with E-state index in [1.54, 1.807) is 0 Å². The van der Waals surface area contributed by atoms with Gasteiger partial charge in [0, 0.05) is 17.9 Å². The van der Waals surface area contributed by atoms with Crippen molar-refractivity contribution in [3.63, 3.8) is 0 Å². The van der Waals surface area contributed by atoms with Crippen LogP contribution in [0, 0.1) is 0 Å². The summed E-state index contributed by atoms with van der Waals surface area (Å²) in [6.45, 7) is 1.82. The van der Waals surface area contributed by atoms with Crippen molar-refractivity contribution in [2.45, 2.75) is 35.4 Å². The molecule has 0 aliphatic carbocycles. The van der Waals surface area contributed by atoms with E-state index in [-0.39, 0.29) is 24.3 Å². The van der Waals surface area contributed by atoms with Crippen molar-refractivity contribution < 1.29 is 19.1 Å². The van der Waals surface area contributed by atoms with E-state index in [4.69, 9.17) is 9.47 Å². The number of carbonyl (C=O) groups excluding carboxylic acids is 2. The van der Waals surface area contributed by atoms with Crippen LogP contribution in [0.15, 0.2) is 47.4 Å². The summed E-state index contributed by atoms with van der Waals surface area (Å²) in [4.78, 5) is 28.5. The van der Waals surface area contributed by atoms with Gasteiger partial charge in [-0.25, -0.2) is 0 Å². The van der Waals surface area contributed by atoms with Gasteiger partial charge in [0.2, 0.25) is 11.8 Å². The molecule has 0 spiro atoms. The highest BCUT2D eigenvalue weighted by atomic mass is 32.2. The Morgan fingerprint density at radius 2 is 1.97 bits per heavy atom. The maximum absolute atomic E-state index is 13.1. The van der Waals surface area contributed by atoms with Gasteiger partial charge in [0.05, 0.1) is 17.0 Å². The lowest BCUT2D eigenvalue weighted by molar-refractivity contribution is -0.133. The number of fused-ring (bicyclic) bond motifs is 2. The molecule has 5 rings (SSSR count). The van der Waals surface area contributed by atoms with Crippen molar-refractivity contribution in [1.29, 1.82) is 0 Å². The standard InChI is InChI=1S/C22H22N2O4S/c25-21(13-20-22(26)23-15-4-1-2-6-19(15)29-20)24-9-3-5-16(24)14-7-8-17-18(12-14)28-11-10-27-17/h1-2,4,6-8,12,16,20H,3,5,9-11,13H2,(H,23,26)/t16-,20-/m1/s1. The lowest BCUT2D eigenvalue weighted by Gasteiger charge is -2.29. The minimum absolute atomic E-state index is 0.0160. The molecular formula is C22H22N2O4S. The summed E-state index contributed by atoms with van der Waals surface area (Å²) >= 11 is 1.47. The highest BCUT2D eigenvalue weighted by molar-refractivity contribution is 8.01. The number of hydrogen-bond acceptors (Lipinski definition) is 5. The number of amides is 2. The molecule has 0 unspecified atom stereocenters. The highest BCUT2D eigenvalue weighted by Gasteiger charge is 2.35. The van der Waals surface area contributed by atoms with E-state index in [1.165, 1.54) is 11.8 Å². The number of benzene rings is 2. The largest absolute Gasteiger partial charge is 0.486 e. The maximum Gasteiger partial charge on any atom is 0.238 e. The van der Waals surface area contributed by atoms with E-state index in [2.05, 4.69) is 5.32 Å². The maximum atomic E-state index is 13.1. The fourth-order valence-electron chi connectivity index (χ4n) is 4.18. The predicted octanol–water partition coefficient (Wildman–Crippen LogP) is 3.62. The molecule has 1 N–H and O–H groups in total. The third-order valence-corrected chi connectivity index (χ3v) is 6.87. The van der Waals surface area contributed by atoms with Crippen LogP contribution >= 0.6 is 11.8 Å². The zero-order valence-electron chi connectivity index (χ0n) is 15.9. The van der Waals surface area contributed by atoms with Crippen LogP contribution in [-0.2, 0) is 9.59 Å². The van der Waals surface area contributed by atoms with E-state index in [1.807, 2.05) is 47.4 Å². The summed E-state index contributed by atoms with van der Waals surface area (Å²) in [6.07, 6.45) is 2.07. The molecule has 3 aliphatic rings. The molecule has 1 fully saturated rings. The van der Waals surface area contributed by atoms with Gasteiger partial charge < -0.3 is 19.7 Å². The monoisotopic (exact) mass is 410 g/mol. The normalized spacial score (nSPS) is 22.8. The van der Waals surface area contributed by atoms with Crippen LogP contribution in [0.4, 0.5) is 5.69 Å². The summed E-state index contributed by atoms with van der Waals surface area (Å²) in [5.74, 6) is 1.42. The van der Waals surface area contributed by atoms with E-state index < -0.39 is 5.25 Å². The van der Waals surface area contributed by atoms with Gasteiger partial charge in [0.25, 0.3) is 0 Å². The van der Waals surface area contributed by atoms with Crippen LogP contribution in [0.25, 0.3) is 0 Å². The molecule has 0 radical (unpaired) electrons. The van der Waals surface area contributed by atoms with Crippen molar-refractivity contribution in [2.75, 3.05) is 25.1 Å². The average molecular weight is 410 g/mol. The molecule has 3 aliphatic heterocycles. The summed E-state index contributed by atoms with van der Waals surface area (Å²) < 4.78 is 11.3. The molecule has 2 aromatic rings. The predicted molar refractivity (Wildman–Crippen MR) is 110 cm³/mol. The average Bonchev–Trinajstić information content (AvgIpc) is 3.24. The molecule has 1 saturated heterocycles. The molecule has 150 valence electrons. The zero-order chi connectivity index (χ0) is 19.8. The zero-order valence-corrected chi connectivity index (χ0v) is 16.7. The van der Waals surface area contributed by atoms with Crippen LogP contribution in [0.1, 0.15) is 30.9 Å². The SMILES string of the molecule is O=C1Nc2ccccc2S[C@@H]1CC(=O)N1CCC[C@@H]1c1ccc2c(c1)OCCO2. The van der Waals surface area contributed by atoms with Crippen LogP contribution in [-0.4, -0.2) is 41.7 Å². The Morgan fingerprint density at radius 1 is 1.14 bits per heavy atom. The van der Waals surface area contributed by atoms with Crippen LogP contribution < -0.4 is 14.8 Å². The first kappa shape index (κ1) is 18.4. The second-order valence-electron chi connectivity index (χ2n) is 7.44. The fourth-order valence-corrected chi connectivity index (χ4v) is 5.28. The van der Waals surface area contributed by atoms with E-state index in [0.29, 0.717) is 19.8 Å². The van der Waals surface area contributed by atoms with Gasteiger partial charge >= 0.3 is 0 Å². The highest BCUT2D eigenvalue weighted by Crippen LogP contribution is 2.40. The first-order chi connectivity index (χ1) is 14.2. The molecule has 29 heavy (non-hydrogen) atoms. The molecule has 7 heteroatoms. The van der Waals surface area contributed by atoms with E-state index in [0.717, 1.165) is 40.5 Å². The van der Waals surface area contributed by atoms with Crippen LogP contribution in [0.3, 0.4) is 0 Å². The van der Waals surface area contributed by atoms with Gasteiger partial charge in [-0.3, -0.25) is 9.59 Å². The smallest absolute Gasteiger partial charge is 0.238 e. The number of hydrogen-bond donors (Lipinski definition) is 1. The lowest BCUT2D eigenvalue weighted by atomic mass is 10.0. The van der Waals surface area contributed by atoms with Gasteiger partial charge in [0.1, 0.15) is 13.2 Å². The summed E-state index contributed by atoms with van der Waals surface area (Å²) in [6, 6.07) is 13.6. The number of nitrogens with zero attached hydrogens (tertiary/aromatic N) is 1. The van der Waals surface area contributed by atoms with Gasteiger partial charge in [-0.2, -0.15) is 0 Å². The first-order valence-electron chi connectivity index (χ1n) is 9.94. The van der Waals surface area contributed by atoms with Crippen LogP contribution in [0.5, 0.6) is 11.5 Å². The minimum atomic E-state index is -0.404. The van der Waals surface area contributed by atoms with Crippen LogP contribution in [0.2, 0.25) is 0 Å². The third kappa shape index (κ3) is 3.55. The third-order valence-electron chi connectivity index (χ3n) is 5.59. The summed E-state index contributed by atoms with van der Waals surface area (Å²) in [5.41, 5.74) is 1.88. The number of likely N-dealkylation sites (tertiary alicyclic amines) is 1. The second-order valence-corrected chi connectivity index (χ2v) is 8.69. The van der Waals surface area contributed by atoms with Crippen molar-refractivity contribution in [3.05, 3.63) is 48.0 Å². The van der Waals surface area contributed by atoms with Gasteiger partial charge in [-0.15, -0.1) is 11.8 Å². The van der Waals surface area contributed by atoms with E-state index in [9.17, 15) is 9.59 Å². The second kappa shape index (κ2) is 7.63. The van der Waals surface area contributed by atoms with Gasteiger partial charge in [-0.1, -0.05) is 18.2 Å². The Kier molecular flexibility index (Phi) is 4.83. The molecule has 2 atom stereocenters. The van der Waals surface area contributed by atoms with E-state index >= 15 is 0 Å². The lowest BCUT2D eigenvalue weighted by Crippen LogP contribution is -2.37. The number of carbonyl (C=O) groups is 2. The van der Waals surface area contributed by atoms with Gasteiger partial charge in [0.15, 0.2) is 11.5 Å². The van der Waals surface area contributed by atoms with Crippen molar-refractivity contribution in [2.24, 2.45) is 0 Å². The minimum Gasteiger partial charge on any atom is -0.486 e. The number of anilines is 1. The number of rotatable bonds is 3. The number of para-hydroxylation sites is 1. The quantitative estimate of drug-likeness (QED) is 0.837. The van der Waals surface area contributed by atoms with Crippen molar-refractivity contribution in [1.82, 2.24) is 4.90 Å². The summed E-state index contributed by atoms with van der Waals surface area (Å²) in [7, 11) is 0. The molecule has 2 aromatic carbocycles. The van der Waals surface area contributed by atoms with Crippen molar-refractivity contribution in [3.8, 4) is 11.5 Å².